The standard InChI is InChI=1S/C16H23NOS/c18-19-10-8-15(9-11-19)17-12-14-6-3-5-13-4-1-2-7-16(13)14/h1-2,4,7,14-15,17H,3,5-6,8-12H2. The molecule has 1 saturated heterocycles. The Bertz CT molecular complexity index is 450. The van der Waals surface area contributed by atoms with Crippen molar-refractivity contribution in [3.05, 3.63) is 35.4 Å². The normalized spacial score (nSPS) is 30.8. The number of fused-ring (bicyclic) bond motifs is 1. The first-order chi connectivity index (χ1) is 9.33. The lowest BCUT2D eigenvalue weighted by molar-refractivity contribution is 0.429. The van der Waals surface area contributed by atoms with E-state index in [4.69, 9.17) is 0 Å². The highest BCUT2D eigenvalue weighted by molar-refractivity contribution is 7.85. The summed E-state index contributed by atoms with van der Waals surface area (Å²) < 4.78 is 11.4. The van der Waals surface area contributed by atoms with Gasteiger partial charge in [-0.3, -0.25) is 4.21 Å². The molecule has 2 aliphatic rings. The van der Waals surface area contributed by atoms with Crippen molar-refractivity contribution in [2.75, 3.05) is 18.1 Å². The van der Waals surface area contributed by atoms with Crippen molar-refractivity contribution in [2.24, 2.45) is 0 Å². The minimum Gasteiger partial charge on any atom is -0.313 e. The molecule has 1 aliphatic carbocycles. The van der Waals surface area contributed by atoms with E-state index < -0.39 is 10.8 Å². The fraction of sp³-hybridized carbons (Fsp3) is 0.625. The van der Waals surface area contributed by atoms with Gasteiger partial charge < -0.3 is 5.32 Å². The Kier molecular flexibility index (Phi) is 4.34. The Balaban J connectivity index is 1.58. The van der Waals surface area contributed by atoms with E-state index in [9.17, 15) is 4.21 Å². The van der Waals surface area contributed by atoms with Crippen LogP contribution in [0, 0.1) is 0 Å². The molecule has 0 bridgehead atoms. The maximum absolute atomic E-state index is 11.4. The van der Waals surface area contributed by atoms with Crippen LogP contribution in [0.5, 0.6) is 0 Å². The summed E-state index contributed by atoms with van der Waals surface area (Å²) in [6, 6.07) is 9.50. The first-order valence-corrected chi connectivity index (χ1v) is 8.98. The average molecular weight is 277 g/mol. The summed E-state index contributed by atoms with van der Waals surface area (Å²) in [5, 5.41) is 3.72. The summed E-state index contributed by atoms with van der Waals surface area (Å²) in [7, 11) is -0.545. The van der Waals surface area contributed by atoms with Crippen molar-refractivity contribution in [2.45, 2.75) is 44.1 Å². The van der Waals surface area contributed by atoms with Crippen LogP contribution in [0.3, 0.4) is 0 Å². The second kappa shape index (κ2) is 6.19. The summed E-state index contributed by atoms with van der Waals surface area (Å²) in [6.07, 6.45) is 6.04. The van der Waals surface area contributed by atoms with Crippen molar-refractivity contribution in [1.82, 2.24) is 5.32 Å². The van der Waals surface area contributed by atoms with Gasteiger partial charge in [0, 0.05) is 34.9 Å². The molecular weight excluding hydrogens is 254 g/mol. The van der Waals surface area contributed by atoms with Gasteiger partial charge in [-0.25, -0.2) is 0 Å². The Morgan fingerprint density at radius 1 is 1.16 bits per heavy atom. The average Bonchev–Trinajstić information content (AvgIpc) is 2.47. The summed E-state index contributed by atoms with van der Waals surface area (Å²) in [5.74, 6) is 2.45. The molecule has 3 rings (SSSR count). The second-order valence-electron chi connectivity index (χ2n) is 5.82. The molecule has 0 amide bonds. The molecule has 0 aromatic heterocycles. The molecular formula is C16H23NOS. The van der Waals surface area contributed by atoms with Gasteiger partial charge in [-0.15, -0.1) is 0 Å². The molecule has 1 aliphatic heterocycles. The monoisotopic (exact) mass is 277 g/mol. The molecule has 3 heteroatoms. The third kappa shape index (κ3) is 3.26. The van der Waals surface area contributed by atoms with Gasteiger partial charge in [-0.05, 0) is 49.1 Å². The second-order valence-corrected chi connectivity index (χ2v) is 7.51. The topological polar surface area (TPSA) is 29.1 Å². The van der Waals surface area contributed by atoms with Crippen LogP contribution in [0.1, 0.15) is 42.7 Å². The van der Waals surface area contributed by atoms with E-state index in [0.29, 0.717) is 12.0 Å². The molecule has 19 heavy (non-hydrogen) atoms. The number of hydrogen-bond donors (Lipinski definition) is 1. The van der Waals surface area contributed by atoms with Gasteiger partial charge in [0.15, 0.2) is 0 Å². The van der Waals surface area contributed by atoms with Gasteiger partial charge in [0.1, 0.15) is 0 Å². The van der Waals surface area contributed by atoms with Crippen LogP contribution in [0.2, 0.25) is 0 Å². The summed E-state index contributed by atoms with van der Waals surface area (Å²) in [4.78, 5) is 0. The Morgan fingerprint density at radius 2 is 1.95 bits per heavy atom. The van der Waals surface area contributed by atoms with Crippen molar-refractivity contribution >= 4 is 10.8 Å². The van der Waals surface area contributed by atoms with Crippen LogP contribution in [-0.2, 0) is 17.2 Å². The van der Waals surface area contributed by atoms with Crippen LogP contribution in [-0.4, -0.2) is 28.3 Å². The van der Waals surface area contributed by atoms with Gasteiger partial charge in [-0.1, -0.05) is 24.3 Å². The Hall–Kier alpha value is -0.670. The van der Waals surface area contributed by atoms with Crippen molar-refractivity contribution in [1.29, 1.82) is 0 Å². The molecule has 2 nitrogen and oxygen atoms in total. The molecule has 0 saturated carbocycles. The third-order valence-corrected chi connectivity index (χ3v) is 5.92. The van der Waals surface area contributed by atoms with Gasteiger partial charge in [0.25, 0.3) is 0 Å². The maximum Gasteiger partial charge on any atom is 0.0249 e. The Morgan fingerprint density at radius 3 is 2.79 bits per heavy atom. The summed E-state index contributed by atoms with van der Waals surface area (Å²) >= 11 is 0. The molecule has 0 spiro atoms. The summed E-state index contributed by atoms with van der Waals surface area (Å²) in [6.45, 7) is 1.09. The zero-order valence-corrected chi connectivity index (χ0v) is 12.3. The van der Waals surface area contributed by atoms with Gasteiger partial charge >= 0.3 is 0 Å². The van der Waals surface area contributed by atoms with Crippen LogP contribution in [0.4, 0.5) is 0 Å². The lowest BCUT2D eigenvalue weighted by atomic mass is 9.82. The van der Waals surface area contributed by atoms with Crippen LogP contribution < -0.4 is 5.32 Å². The molecule has 1 aromatic rings. The molecule has 1 atom stereocenters. The minimum atomic E-state index is -0.545. The molecule has 104 valence electrons. The van der Waals surface area contributed by atoms with E-state index in [-0.39, 0.29) is 0 Å². The van der Waals surface area contributed by atoms with E-state index in [1.54, 1.807) is 11.1 Å². The van der Waals surface area contributed by atoms with E-state index in [1.807, 2.05) is 0 Å². The van der Waals surface area contributed by atoms with E-state index >= 15 is 0 Å². The smallest absolute Gasteiger partial charge is 0.0249 e. The first-order valence-electron chi connectivity index (χ1n) is 7.49. The fourth-order valence-electron chi connectivity index (χ4n) is 3.37. The van der Waals surface area contributed by atoms with E-state index in [2.05, 4.69) is 29.6 Å². The highest BCUT2D eigenvalue weighted by Crippen LogP contribution is 2.31. The van der Waals surface area contributed by atoms with Crippen molar-refractivity contribution in [3.63, 3.8) is 0 Å². The molecule has 1 fully saturated rings. The fourth-order valence-corrected chi connectivity index (χ4v) is 4.67. The van der Waals surface area contributed by atoms with E-state index in [0.717, 1.165) is 30.9 Å². The Labute approximate surface area is 118 Å². The first kappa shape index (κ1) is 13.3. The zero-order valence-electron chi connectivity index (χ0n) is 11.4. The predicted octanol–water partition coefficient (Wildman–Crippen LogP) is 2.61. The lowest BCUT2D eigenvalue weighted by Gasteiger charge is -2.29. The molecule has 1 N–H and O–H groups in total. The number of hydrogen-bond acceptors (Lipinski definition) is 2. The minimum absolute atomic E-state index is 0.545. The maximum atomic E-state index is 11.4. The largest absolute Gasteiger partial charge is 0.313 e. The van der Waals surface area contributed by atoms with Gasteiger partial charge in [-0.2, -0.15) is 0 Å². The van der Waals surface area contributed by atoms with Crippen molar-refractivity contribution in [3.8, 4) is 0 Å². The van der Waals surface area contributed by atoms with Gasteiger partial charge in [0.2, 0.25) is 0 Å². The lowest BCUT2D eigenvalue weighted by Crippen LogP contribution is -2.38. The van der Waals surface area contributed by atoms with Crippen LogP contribution in [0.15, 0.2) is 24.3 Å². The molecule has 1 aromatic carbocycles. The highest BCUT2D eigenvalue weighted by Gasteiger charge is 2.22. The number of rotatable bonds is 3. The number of aryl methyl sites for hydroxylation is 1. The molecule has 1 heterocycles. The highest BCUT2D eigenvalue weighted by atomic mass is 32.2. The number of nitrogens with one attached hydrogen (secondary N) is 1. The molecule has 0 radical (unpaired) electrons. The predicted molar refractivity (Wildman–Crippen MR) is 81.0 cm³/mol. The summed E-state index contributed by atoms with van der Waals surface area (Å²) in [5.41, 5.74) is 3.10. The number of benzene rings is 1. The van der Waals surface area contributed by atoms with Gasteiger partial charge in [0.05, 0.1) is 0 Å². The zero-order chi connectivity index (χ0) is 13.1. The molecule has 1 unspecified atom stereocenters. The van der Waals surface area contributed by atoms with Crippen LogP contribution in [0.25, 0.3) is 0 Å². The van der Waals surface area contributed by atoms with Crippen molar-refractivity contribution < 1.29 is 4.21 Å². The van der Waals surface area contributed by atoms with Crippen LogP contribution >= 0.6 is 0 Å². The SMILES string of the molecule is O=S1CCC(NCC2CCCc3ccccc32)CC1. The quantitative estimate of drug-likeness (QED) is 0.920. The van der Waals surface area contributed by atoms with E-state index in [1.165, 1.54) is 19.3 Å². The third-order valence-electron chi connectivity index (χ3n) is 4.53.